The summed E-state index contributed by atoms with van der Waals surface area (Å²) in [6.07, 6.45) is 12.8. The van der Waals surface area contributed by atoms with Crippen molar-refractivity contribution in [3.05, 3.63) is 0 Å². The number of unbranched alkanes of at least 4 members (excludes halogenated alkanes) is 5. The molecule has 0 radical (unpaired) electrons. The van der Waals surface area contributed by atoms with Crippen molar-refractivity contribution in [2.45, 2.75) is 83.7 Å². The lowest BCUT2D eigenvalue weighted by Gasteiger charge is -2.29. The van der Waals surface area contributed by atoms with Gasteiger partial charge in [-0.05, 0) is 51.6 Å². The first kappa shape index (κ1) is 15.3. The molecular formula is C17H34N2. The van der Waals surface area contributed by atoms with Crippen LogP contribution in [-0.2, 0) is 0 Å². The Morgan fingerprint density at radius 2 is 1.74 bits per heavy atom. The van der Waals surface area contributed by atoms with E-state index in [0.29, 0.717) is 0 Å². The van der Waals surface area contributed by atoms with Crippen LogP contribution in [-0.4, -0.2) is 36.6 Å². The average molecular weight is 266 g/mol. The predicted molar refractivity (Wildman–Crippen MR) is 83.5 cm³/mol. The molecule has 112 valence electrons. The van der Waals surface area contributed by atoms with Crippen LogP contribution in [0.3, 0.4) is 0 Å². The molecule has 0 spiro atoms. The minimum Gasteiger partial charge on any atom is -0.312 e. The van der Waals surface area contributed by atoms with Gasteiger partial charge in [0.05, 0.1) is 0 Å². The van der Waals surface area contributed by atoms with Gasteiger partial charge in [-0.15, -0.1) is 0 Å². The van der Waals surface area contributed by atoms with E-state index in [2.05, 4.69) is 24.1 Å². The second-order valence-electron chi connectivity index (χ2n) is 6.80. The van der Waals surface area contributed by atoms with Crippen molar-refractivity contribution in [3.63, 3.8) is 0 Å². The van der Waals surface area contributed by atoms with Crippen molar-refractivity contribution in [1.29, 1.82) is 0 Å². The molecular weight excluding hydrogens is 232 g/mol. The molecule has 2 aliphatic rings. The molecule has 0 aromatic rings. The van der Waals surface area contributed by atoms with E-state index in [1.807, 2.05) is 0 Å². The van der Waals surface area contributed by atoms with Gasteiger partial charge in [0, 0.05) is 18.6 Å². The molecule has 1 heterocycles. The van der Waals surface area contributed by atoms with Crippen LogP contribution in [0.1, 0.15) is 71.6 Å². The Bertz CT molecular complexity index is 237. The SMILES string of the molecule is CCCCCCCCN1CC(C2CC2)NCCC1C. The van der Waals surface area contributed by atoms with Crippen LogP contribution in [0.25, 0.3) is 0 Å². The summed E-state index contributed by atoms with van der Waals surface area (Å²) in [7, 11) is 0. The molecule has 2 fully saturated rings. The smallest absolute Gasteiger partial charge is 0.0223 e. The van der Waals surface area contributed by atoms with Gasteiger partial charge in [0.15, 0.2) is 0 Å². The second-order valence-corrected chi connectivity index (χ2v) is 6.80. The Labute approximate surface area is 120 Å². The highest BCUT2D eigenvalue weighted by Crippen LogP contribution is 2.34. The fraction of sp³-hybridized carbons (Fsp3) is 1.00. The minimum absolute atomic E-state index is 0.784. The van der Waals surface area contributed by atoms with Gasteiger partial charge in [-0.25, -0.2) is 0 Å². The third-order valence-electron chi connectivity index (χ3n) is 5.01. The fourth-order valence-electron chi connectivity index (χ4n) is 3.38. The van der Waals surface area contributed by atoms with Crippen LogP contribution < -0.4 is 5.32 Å². The summed E-state index contributed by atoms with van der Waals surface area (Å²) in [5.41, 5.74) is 0. The van der Waals surface area contributed by atoms with Crippen LogP contribution in [0.4, 0.5) is 0 Å². The third-order valence-corrected chi connectivity index (χ3v) is 5.01. The van der Waals surface area contributed by atoms with Crippen molar-refractivity contribution in [1.82, 2.24) is 10.2 Å². The molecule has 2 unspecified atom stereocenters. The fourth-order valence-corrected chi connectivity index (χ4v) is 3.38. The van der Waals surface area contributed by atoms with Crippen molar-refractivity contribution < 1.29 is 0 Å². The van der Waals surface area contributed by atoms with Gasteiger partial charge in [0.25, 0.3) is 0 Å². The van der Waals surface area contributed by atoms with Crippen LogP contribution in [0, 0.1) is 5.92 Å². The van der Waals surface area contributed by atoms with Crippen LogP contribution in [0.5, 0.6) is 0 Å². The van der Waals surface area contributed by atoms with Crippen molar-refractivity contribution in [3.8, 4) is 0 Å². The summed E-state index contributed by atoms with van der Waals surface area (Å²) < 4.78 is 0. The summed E-state index contributed by atoms with van der Waals surface area (Å²) in [5.74, 6) is 0.998. The first-order chi connectivity index (χ1) is 9.31. The summed E-state index contributed by atoms with van der Waals surface area (Å²) in [5, 5.41) is 3.78. The highest BCUT2D eigenvalue weighted by molar-refractivity contribution is 4.91. The van der Waals surface area contributed by atoms with E-state index in [1.54, 1.807) is 0 Å². The Balaban J connectivity index is 1.64. The highest BCUT2D eigenvalue weighted by atomic mass is 15.2. The van der Waals surface area contributed by atoms with Gasteiger partial charge in [0.1, 0.15) is 0 Å². The molecule has 1 aliphatic heterocycles. The maximum atomic E-state index is 3.78. The third kappa shape index (κ3) is 5.43. The molecule has 1 N–H and O–H groups in total. The maximum Gasteiger partial charge on any atom is 0.0223 e. The van der Waals surface area contributed by atoms with E-state index in [4.69, 9.17) is 0 Å². The number of hydrogen-bond acceptors (Lipinski definition) is 2. The van der Waals surface area contributed by atoms with Crippen molar-refractivity contribution in [2.24, 2.45) is 5.92 Å². The topological polar surface area (TPSA) is 15.3 Å². The van der Waals surface area contributed by atoms with Crippen molar-refractivity contribution >= 4 is 0 Å². The van der Waals surface area contributed by atoms with Crippen LogP contribution >= 0.6 is 0 Å². The van der Waals surface area contributed by atoms with E-state index in [0.717, 1.165) is 18.0 Å². The predicted octanol–water partition coefficient (Wildman–Crippen LogP) is 3.81. The van der Waals surface area contributed by atoms with E-state index < -0.39 is 0 Å². The van der Waals surface area contributed by atoms with Gasteiger partial charge in [-0.2, -0.15) is 0 Å². The lowest BCUT2D eigenvalue weighted by Crippen LogP contribution is -2.41. The quantitative estimate of drug-likeness (QED) is 0.672. The Morgan fingerprint density at radius 1 is 1.00 bits per heavy atom. The highest BCUT2D eigenvalue weighted by Gasteiger charge is 2.34. The lowest BCUT2D eigenvalue weighted by atomic mass is 10.1. The van der Waals surface area contributed by atoms with Gasteiger partial charge in [-0.1, -0.05) is 39.0 Å². The standard InChI is InChI=1S/C17H34N2/c1-3-4-5-6-7-8-13-19-14-17(16-9-10-16)18-12-11-15(19)2/h15-18H,3-14H2,1-2H3. The molecule has 19 heavy (non-hydrogen) atoms. The minimum atomic E-state index is 0.784. The zero-order chi connectivity index (χ0) is 13.5. The molecule has 1 aliphatic carbocycles. The lowest BCUT2D eigenvalue weighted by molar-refractivity contribution is 0.195. The normalized spacial score (nSPS) is 29.4. The zero-order valence-corrected chi connectivity index (χ0v) is 13.2. The van der Waals surface area contributed by atoms with Gasteiger partial charge in [-0.3, -0.25) is 4.90 Å². The first-order valence-corrected chi connectivity index (χ1v) is 8.78. The molecule has 2 nitrogen and oxygen atoms in total. The molecule has 2 heteroatoms. The zero-order valence-electron chi connectivity index (χ0n) is 13.2. The van der Waals surface area contributed by atoms with Crippen molar-refractivity contribution in [2.75, 3.05) is 19.6 Å². The number of rotatable bonds is 8. The summed E-state index contributed by atoms with van der Waals surface area (Å²) in [6.45, 7) is 8.59. The van der Waals surface area contributed by atoms with Gasteiger partial charge in [0.2, 0.25) is 0 Å². The second kappa shape index (κ2) is 8.26. The van der Waals surface area contributed by atoms with Crippen LogP contribution in [0.2, 0.25) is 0 Å². The van der Waals surface area contributed by atoms with E-state index >= 15 is 0 Å². The Hall–Kier alpha value is -0.0800. The van der Waals surface area contributed by atoms with Crippen LogP contribution in [0.15, 0.2) is 0 Å². The number of nitrogens with zero attached hydrogens (tertiary/aromatic N) is 1. The average Bonchev–Trinajstić information content (AvgIpc) is 3.22. The summed E-state index contributed by atoms with van der Waals surface area (Å²) in [6, 6.07) is 1.58. The molecule has 1 saturated heterocycles. The molecule has 2 rings (SSSR count). The summed E-state index contributed by atoms with van der Waals surface area (Å²) in [4.78, 5) is 2.77. The molecule has 0 amide bonds. The van der Waals surface area contributed by atoms with E-state index in [-0.39, 0.29) is 0 Å². The van der Waals surface area contributed by atoms with Gasteiger partial charge < -0.3 is 5.32 Å². The maximum absolute atomic E-state index is 3.78. The van der Waals surface area contributed by atoms with E-state index in [9.17, 15) is 0 Å². The molecule has 0 aromatic heterocycles. The number of nitrogens with one attached hydrogen (secondary N) is 1. The van der Waals surface area contributed by atoms with Gasteiger partial charge >= 0.3 is 0 Å². The largest absolute Gasteiger partial charge is 0.312 e. The molecule has 0 bridgehead atoms. The summed E-state index contributed by atoms with van der Waals surface area (Å²) >= 11 is 0. The monoisotopic (exact) mass is 266 g/mol. The molecule has 0 aromatic carbocycles. The Kier molecular flexibility index (Phi) is 6.66. The van der Waals surface area contributed by atoms with E-state index in [1.165, 1.54) is 77.4 Å². The molecule has 1 saturated carbocycles. The molecule has 2 atom stereocenters. The number of hydrogen-bond donors (Lipinski definition) is 1. The Morgan fingerprint density at radius 3 is 2.47 bits per heavy atom. The first-order valence-electron chi connectivity index (χ1n) is 8.78.